The molecule has 5 heteroatoms. The first-order valence-electron chi connectivity index (χ1n) is 7.22. The third-order valence-corrected chi connectivity index (χ3v) is 4.04. The zero-order chi connectivity index (χ0) is 14.5. The fourth-order valence-corrected chi connectivity index (χ4v) is 2.76. The number of carbonyl (C=O) groups excluding carboxylic acids is 1. The first-order valence-corrected chi connectivity index (χ1v) is 7.22. The molecule has 0 radical (unpaired) electrons. The standard InChI is InChI=1S/C14H26N2O3/c1-4-6-14(13(18)19)7-9-16(10-14)11(3)12(17)15-8-5-2/h11H,4-10H2,1-3H3,(H,15,17)(H,18,19). The van der Waals surface area contributed by atoms with Gasteiger partial charge in [0.2, 0.25) is 5.91 Å². The maximum absolute atomic E-state index is 11.9. The monoisotopic (exact) mass is 270 g/mol. The Bertz CT molecular complexity index is 333. The summed E-state index contributed by atoms with van der Waals surface area (Å²) >= 11 is 0. The van der Waals surface area contributed by atoms with E-state index in [9.17, 15) is 14.7 Å². The summed E-state index contributed by atoms with van der Waals surface area (Å²) in [6, 6.07) is -0.246. The maximum Gasteiger partial charge on any atom is 0.310 e. The Morgan fingerprint density at radius 3 is 2.58 bits per heavy atom. The van der Waals surface area contributed by atoms with E-state index in [1.807, 2.05) is 25.7 Å². The number of carboxylic acid groups (broad SMARTS) is 1. The molecular formula is C14H26N2O3. The minimum Gasteiger partial charge on any atom is -0.481 e. The van der Waals surface area contributed by atoms with Crippen molar-refractivity contribution in [2.24, 2.45) is 5.41 Å². The zero-order valence-corrected chi connectivity index (χ0v) is 12.2. The van der Waals surface area contributed by atoms with E-state index in [0.717, 1.165) is 12.8 Å². The van der Waals surface area contributed by atoms with Gasteiger partial charge in [-0.3, -0.25) is 14.5 Å². The Morgan fingerprint density at radius 1 is 1.37 bits per heavy atom. The highest BCUT2D eigenvalue weighted by Crippen LogP contribution is 2.36. The molecule has 0 aromatic heterocycles. The Kier molecular flexibility index (Phi) is 5.79. The number of nitrogens with zero attached hydrogens (tertiary/aromatic N) is 1. The first kappa shape index (κ1) is 16.0. The number of aliphatic carboxylic acids is 1. The van der Waals surface area contributed by atoms with E-state index < -0.39 is 11.4 Å². The number of hydrogen-bond donors (Lipinski definition) is 2. The summed E-state index contributed by atoms with van der Waals surface area (Å²) in [6.07, 6.45) is 3.09. The van der Waals surface area contributed by atoms with E-state index in [2.05, 4.69) is 5.32 Å². The summed E-state index contributed by atoms with van der Waals surface area (Å²) in [4.78, 5) is 25.4. The first-order chi connectivity index (χ1) is 8.96. The molecule has 0 aromatic carbocycles. The molecule has 0 bridgehead atoms. The Morgan fingerprint density at radius 2 is 2.05 bits per heavy atom. The van der Waals surface area contributed by atoms with Crippen LogP contribution in [0, 0.1) is 5.41 Å². The van der Waals surface area contributed by atoms with E-state index in [4.69, 9.17) is 0 Å². The molecule has 2 atom stereocenters. The Hall–Kier alpha value is -1.10. The van der Waals surface area contributed by atoms with Crippen LogP contribution < -0.4 is 5.32 Å². The summed E-state index contributed by atoms with van der Waals surface area (Å²) in [5.41, 5.74) is -0.659. The number of nitrogens with one attached hydrogen (secondary N) is 1. The van der Waals surface area contributed by atoms with Crippen LogP contribution in [0.25, 0.3) is 0 Å². The van der Waals surface area contributed by atoms with E-state index in [1.54, 1.807) is 0 Å². The highest BCUT2D eigenvalue weighted by molar-refractivity contribution is 5.81. The molecule has 1 saturated heterocycles. The van der Waals surface area contributed by atoms with E-state index in [-0.39, 0.29) is 11.9 Å². The lowest BCUT2D eigenvalue weighted by Gasteiger charge is -2.27. The quantitative estimate of drug-likeness (QED) is 0.735. The lowest BCUT2D eigenvalue weighted by Crippen LogP contribution is -2.46. The van der Waals surface area contributed by atoms with Gasteiger partial charge in [-0.05, 0) is 26.2 Å². The fraction of sp³-hybridized carbons (Fsp3) is 0.857. The second-order valence-electron chi connectivity index (χ2n) is 5.52. The molecule has 110 valence electrons. The van der Waals surface area contributed by atoms with Gasteiger partial charge in [-0.25, -0.2) is 0 Å². The molecule has 1 heterocycles. The third kappa shape index (κ3) is 3.69. The van der Waals surface area contributed by atoms with Gasteiger partial charge in [-0.15, -0.1) is 0 Å². The van der Waals surface area contributed by atoms with Crippen LogP contribution >= 0.6 is 0 Å². The predicted molar refractivity (Wildman–Crippen MR) is 73.9 cm³/mol. The van der Waals surface area contributed by atoms with E-state index >= 15 is 0 Å². The highest BCUT2D eigenvalue weighted by Gasteiger charge is 2.45. The highest BCUT2D eigenvalue weighted by atomic mass is 16.4. The number of hydrogen-bond acceptors (Lipinski definition) is 3. The molecule has 0 saturated carbocycles. The summed E-state index contributed by atoms with van der Waals surface area (Å²) in [7, 11) is 0. The van der Waals surface area contributed by atoms with Gasteiger partial charge in [0, 0.05) is 19.6 Å². The molecule has 0 spiro atoms. The molecule has 1 amide bonds. The largest absolute Gasteiger partial charge is 0.481 e. The molecule has 19 heavy (non-hydrogen) atoms. The van der Waals surface area contributed by atoms with Crippen LogP contribution in [-0.2, 0) is 9.59 Å². The van der Waals surface area contributed by atoms with Crippen molar-refractivity contribution in [3.05, 3.63) is 0 Å². The summed E-state index contributed by atoms with van der Waals surface area (Å²) < 4.78 is 0. The number of likely N-dealkylation sites (tertiary alicyclic amines) is 1. The minimum absolute atomic E-state index is 0.000428. The van der Waals surface area contributed by atoms with Gasteiger partial charge in [-0.2, -0.15) is 0 Å². The smallest absolute Gasteiger partial charge is 0.310 e. The van der Waals surface area contributed by atoms with Crippen molar-refractivity contribution in [3.63, 3.8) is 0 Å². The van der Waals surface area contributed by atoms with Crippen LogP contribution in [0.5, 0.6) is 0 Å². The molecule has 0 aliphatic carbocycles. The van der Waals surface area contributed by atoms with Crippen molar-refractivity contribution in [1.82, 2.24) is 10.2 Å². The van der Waals surface area contributed by atoms with Gasteiger partial charge in [0.1, 0.15) is 0 Å². The second-order valence-corrected chi connectivity index (χ2v) is 5.52. The molecule has 2 N–H and O–H groups in total. The lowest BCUT2D eigenvalue weighted by molar-refractivity contribution is -0.149. The van der Waals surface area contributed by atoms with Gasteiger partial charge in [0.05, 0.1) is 11.5 Å². The predicted octanol–water partition coefficient (Wildman–Crippen LogP) is 1.48. The van der Waals surface area contributed by atoms with Crippen LogP contribution in [0.3, 0.4) is 0 Å². The van der Waals surface area contributed by atoms with Gasteiger partial charge in [-0.1, -0.05) is 20.3 Å². The average molecular weight is 270 g/mol. The zero-order valence-electron chi connectivity index (χ0n) is 12.2. The number of carboxylic acids is 1. The Labute approximate surface area is 115 Å². The fourth-order valence-electron chi connectivity index (χ4n) is 2.76. The van der Waals surface area contributed by atoms with Crippen LogP contribution in [0.4, 0.5) is 0 Å². The van der Waals surface area contributed by atoms with E-state index in [1.165, 1.54) is 0 Å². The molecule has 1 fully saturated rings. The van der Waals surface area contributed by atoms with Crippen molar-refractivity contribution in [2.45, 2.75) is 52.5 Å². The van der Waals surface area contributed by atoms with Crippen LogP contribution in [0.1, 0.15) is 46.5 Å². The van der Waals surface area contributed by atoms with Crippen molar-refractivity contribution in [3.8, 4) is 0 Å². The van der Waals surface area contributed by atoms with Crippen LogP contribution in [-0.4, -0.2) is 47.6 Å². The van der Waals surface area contributed by atoms with Crippen molar-refractivity contribution >= 4 is 11.9 Å². The van der Waals surface area contributed by atoms with Gasteiger partial charge >= 0.3 is 5.97 Å². The van der Waals surface area contributed by atoms with E-state index in [0.29, 0.717) is 32.5 Å². The molecule has 1 rings (SSSR count). The third-order valence-electron chi connectivity index (χ3n) is 4.04. The van der Waals surface area contributed by atoms with Crippen molar-refractivity contribution in [2.75, 3.05) is 19.6 Å². The van der Waals surface area contributed by atoms with Gasteiger partial charge in [0.25, 0.3) is 0 Å². The lowest BCUT2D eigenvalue weighted by atomic mass is 9.83. The summed E-state index contributed by atoms with van der Waals surface area (Å²) in [6.45, 7) is 7.72. The molecule has 5 nitrogen and oxygen atoms in total. The normalized spacial score (nSPS) is 25.2. The molecule has 0 aromatic rings. The molecule has 1 aliphatic heterocycles. The van der Waals surface area contributed by atoms with Gasteiger partial charge < -0.3 is 10.4 Å². The average Bonchev–Trinajstić information content (AvgIpc) is 2.81. The van der Waals surface area contributed by atoms with Gasteiger partial charge in [0.15, 0.2) is 0 Å². The second kappa shape index (κ2) is 6.89. The van der Waals surface area contributed by atoms with Crippen molar-refractivity contribution < 1.29 is 14.7 Å². The van der Waals surface area contributed by atoms with Crippen LogP contribution in [0.15, 0.2) is 0 Å². The van der Waals surface area contributed by atoms with Crippen molar-refractivity contribution in [1.29, 1.82) is 0 Å². The summed E-state index contributed by atoms with van der Waals surface area (Å²) in [5.74, 6) is -0.724. The number of amides is 1. The van der Waals surface area contributed by atoms with Crippen LogP contribution in [0.2, 0.25) is 0 Å². The number of carbonyl (C=O) groups is 2. The maximum atomic E-state index is 11.9. The Balaban J connectivity index is 2.63. The summed E-state index contributed by atoms with van der Waals surface area (Å²) in [5, 5.41) is 12.3. The SMILES string of the molecule is CCCNC(=O)C(C)N1CCC(CCC)(C(=O)O)C1. The minimum atomic E-state index is -0.724. The number of rotatable bonds is 7. The molecular weight excluding hydrogens is 244 g/mol. The molecule has 1 aliphatic rings. The topological polar surface area (TPSA) is 69.6 Å². The molecule has 2 unspecified atom stereocenters.